The highest BCUT2D eigenvalue weighted by Crippen LogP contribution is 2.33. The van der Waals surface area contributed by atoms with Crippen LogP contribution in [0.2, 0.25) is 0 Å². The summed E-state index contributed by atoms with van der Waals surface area (Å²) < 4.78 is 63.3. The Hall–Kier alpha value is -2.41. The van der Waals surface area contributed by atoms with Gasteiger partial charge in [-0.1, -0.05) is 86.1 Å². The summed E-state index contributed by atoms with van der Waals surface area (Å²) in [5, 5.41) is 4.10. The fourth-order valence-electron chi connectivity index (χ4n) is 2.63. The quantitative estimate of drug-likeness (QED) is 0.222. The van der Waals surface area contributed by atoms with Crippen molar-refractivity contribution in [2.24, 2.45) is 0 Å². The molecule has 0 saturated carbocycles. The molecule has 0 atom stereocenters. The van der Waals surface area contributed by atoms with Crippen LogP contribution in [0, 0.1) is 0 Å². The zero-order valence-corrected chi connectivity index (χ0v) is 19.1. The Morgan fingerprint density at radius 3 is 1.59 bits per heavy atom. The highest BCUT2D eigenvalue weighted by molar-refractivity contribution is 7.86. The molecule has 0 fully saturated rings. The second kappa shape index (κ2) is 12.0. The second-order valence-electron chi connectivity index (χ2n) is 6.62. The summed E-state index contributed by atoms with van der Waals surface area (Å²) in [5.74, 6) is 0.961. The molecular formula is C23H24F3O4PS. The highest BCUT2D eigenvalue weighted by atomic mass is 32.2. The average Bonchev–Trinajstić information content (AvgIpc) is 2.76. The van der Waals surface area contributed by atoms with Gasteiger partial charge in [-0.05, 0) is 42.4 Å². The van der Waals surface area contributed by atoms with Crippen molar-refractivity contribution in [1.29, 1.82) is 0 Å². The van der Waals surface area contributed by atoms with Gasteiger partial charge in [-0.2, -0.15) is 21.6 Å². The molecule has 0 aliphatic rings. The lowest BCUT2D eigenvalue weighted by atomic mass is 10.3. The zero-order valence-electron chi connectivity index (χ0n) is 17.4. The predicted octanol–water partition coefficient (Wildman–Crippen LogP) is 5.02. The average molecular weight is 484 g/mol. The monoisotopic (exact) mass is 484 g/mol. The van der Waals surface area contributed by atoms with Crippen molar-refractivity contribution in [3.05, 3.63) is 84.9 Å². The fraction of sp³-hybridized carbons (Fsp3) is 0.217. The van der Waals surface area contributed by atoms with E-state index in [1.807, 2.05) is 0 Å². The van der Waals surface area contributed by atoms with Crippen LogP contribution < -0.4 is 20.7 Å². The van der Waals surface area contributed by atoms with Gasteiger partial charge in [0.1, 0.15) is 5.75 Å². The van der Waals surface area contributed by atoms with Crippen LogP contribution in [0.1, 0.15) is 19.8 Å². The number of hydrogen-bond donors (Lipinski definition) is 1. The van der Waals surface area contributed by atoms with E-state index >= 15 is 0 Å². The molecule has 0 aliphatic carbocycles. The molecule has 0 unspecified atom stereocenters. The van der Waals surface area contributed by atoms with Gasteiger partial charge in [-0.25, -0.2) is 0 Å². The maximum absolute atomic E-state index is 10.7. The van der Waals surface area contributed by atoms with Crippen molar-refractivity contribution in [2.75, 3.05) is 6.61 Å². The third-order valence-electron chi connectivity index (χ3n) is 4.18. The molecule has 0 amide bonds. The summed E-state index contributed by atoms with van der Waals surface area (Å²) in [4.78, 5) is 0. The van der Waals surface area contributed by atoms with Gasteiger partial charge in [0, 0.05) is 0 Å². The minimum absolute atomic E-state index is 0.530. The van der Waals surface area contributed by atoms with Crippen LogP contribution in [0.4, 0.5) is 13.2 Å². The molecular weight excluding hydrogens is 460 g/mol. The molecule has 3 rings (SSSR count). The molecule has 32 heavy (non-hydrogen) atoms. The standard InChI is InChI=1S/C22H23OP.CHF3O3S/c1-2-3-18-23-19-14-16-22(17-15-19)24(20-10-6-4-7-11-20)21-12-8-5-9-13-21;2-1(3,4)8(5,6)7/h4-17H,2-3,18H2,1H3;(H,5,6,7). The molecule has 0 aromatic heterocycles. The summed E-state index contributed by atoms with van der Waals surface area (Å²) in [5.41, 5.74) is -5.53. The Labute approximate surface area is 187 Å². The van der Waals surface area contributed by atoms with Crippen LogP contribution in [0.15, 0.2) is 84.9 Å². The molecule has 3 aromatic carbocycles. The van der Waals surface area contributed by atoms with Gasteiger partial charge in [0.25, 0.3) is 0 Å². The number of unbranched alkanes of at least 4 members (excludes halogenated alkanes) is 1. The lowest BCUT2D eigenvalue weighted by Crippen LogP contribution is -2.21. The highest BCUT2D eigenvalue weighted by Gasteiger charge is 2.44. The maximum Gasteiger partial charge on any atom is 0.522 e. The Bertz CT molecular complexity index is 1000. The van der Waals surface area contributed by atoms with Crippen LogP contribution >= 0.6 is 7.92 Å². The normalized spacial score (nSPS) is 11.6. The Morgan fingerprint density at radius 2 is 1.22 bits per heavy atom. The smallest absolute Gasteiger partial charge is 0.494 e. The SMILES string of the molecule is CCCCOc1ccc(P(c2ccccc2)c2ccccc2)cc1.O=S(=O)(O)C(F)(F)F. The largest absolute Gasteiger partial charge is 0.522 e. The first kappa shape index (κ1) is 25.8. The molecule has 4 nitrogen and oxygen atoms in total. The van der Waals surface area contributed by atoms with Crippen LogP contribution in [0.3, 0.4) is 0 Å². The van der Waals surface area contributed by atoms with Gasteiger partial charge in [0.2, 0.25) is 0 Å². The summed E-state index contributed by atoms with van der Waals surface area (Å²) in [6.45, 7) is 2.97. The first-order chi connectivity index (χ1) is 15.1. The summed E-state index contributed by atoms with van der Waals surface area (Å²) in [6, 6.07) is 30.2. The van der Waals surface area contributed by atoms with Crippen molar-refractivity contribution in [3.63, 3.8) is 0 Å². The molecule has 0 heterocycles. The lowest BCUT2D eigenvalue weighted by Gasteiger charge is -2.19. The second-order valence-corrected chi connectivity index (χ2v) is 10.3. The van der Waals surface area contributed by atoms with E-state index < -0.39 is 23.5 Å². The molecule has 1 N–H and O–H groups in total. The first-order valence-corrected chi connectivity index (χ1v) is 12.6. The Morgan fingerprint density at radius 1 is 0.812 bits per heavy atom. The van der Waals surface area contributed by atoms with Crippen molar-refractivity contribution >= 4 is 34.0 Å². The van der Waals surface area contributed by atoms with E-state index in [0.717, 1.165) is 25.2 Å². The number of benzene rings is 3. The van der Waals surface area contributed by atoms with E-state index in [9.17, 15) is 13.2 Å². The summed E-state index contributed by atoms with van der Waals surface area (Å²) in [6.07, 6.45) is 2.26. The van der Waals surface area contributed by atoms with Gasteiger partial charge in [0.05, 0.1) is 6.61 Å². The van der Waals surface area contributed by atoms with Gasteiger partial charge < -0.3 is 4.74 Å². The van der Waals surface area contributed by atoms with E-state index in [4.69, 9.17) is 17.7 Å². The fourth-order valence-corrected chi connectivity index (χ4v) is 4.91. The minimum atomic E-state index is -5.84. The van der Waals surface area contributed by atoms with Crippen molar-refractivity contribution in [1.82, 2.24) is 0 Å². The molecule has 3 aromatic rings. The van der Waals surface area contributed by atoms with E-state index in [1.165, 1.54) is 15.9 Å². The van der Waals surface area contributed by atoms with Crippen LogP contribution in [-0.2, 0) is 10.1 Å². The van der Waals surface area contributed by atoms with Gasteiger partial charge >= 0.3 is 15.6 Å². The number of hydrogen-bond acceptors (Lipinski definition) is 3. The summed E-state index contributed by atoms with van der Waals surface area (Å²) in [7, 11) is -6.37. The molecule has 0 aliphatic heterocycles. The predicted molar refractivity (Wildman–Crippen MR) is 123 cm³/mol. The van der Waals surface area contributed by atoms with Crippen molar-refractivity contribution in [3.8, 4) is 5.75 Å². The zero-order chi connectivity index (χ0) is 23.6. The molecule has 172 valence electrons. The third kappa shape index (κ3) is 7.93. The van der Waals surface area contributed by atoms with Crippen LogP contribution in [-0.4, -0.2) is 25.1 Å². The molecule has 9 heteroatoms. The third-order valence-corrected chi connectivity index (χ3v) is 7.21. The molecule has 0 radical (unpaired) electrons. The van der Waals surface area contributed by atoms with Crippen LogP contribution in [0.25, 0.3) is 0 Å². The Kier molecular flexibility index (Phi) is 9.69. The number of halogens is 3. The van der Waals surface area contributed by atoms with Gasteiger partial charge in [-0.3, -0.25) is 4.55 Å². The Balaban J connectivity index is 0.000000390. The van der Waals surface area contributed by atoms with Gasteiger partial charge in [0.15, 0.2) is 0 Å². The van der Waals surface area contributed by atoms with Crippen molar-refractivity contribution in [2.45, 2.75) is 25.3 Å². The van der Waals surface area contributed by atoms with E-state index in [0.29, 0.717) is 0 Å². The molecule has 0 saturated heterocycles. The maximum atomic E-state index is 10.7. The number of ether oxygens (including phenoxy) is 1. The van der Waals surface area contributed by atoms with E-state index in [1.54, 1.807) is 0 Å². The molecule has 0 bridgehead atoms. The van der Waals surface area contributed by atoms with Crippen LogP contribution in [0.5, 0.6) is 5.75 Å². The lowest BCUT2D eigenvalue weighted by molar-refractivity contribution is -0.0510. The summed E-state index contributed by atoms with van der Waals surface area (Å²) >= 11 is 0. The topological polar surface area (TPSA) is 63.6 Å². The van der Waals surface area contributed by atoms with E-state index in [-0.39, 0.29) is 0 Å². The number of rotatable bonds is 7. The van der Waals surface area contributed by atoms with E-state index in [2.05, 4.69) is 91.9 Å². The first-order valence-electron chi connectivity index (χ1n) is 9.80. The minimum Gasteiger partial charge on any atom is -0.494 e. The van der Waals surface area contributed by atoms with Gasteiger partial charge in [-0.15, -0.1) is 0 Å². The van der Waals surface area contributed by atoms with Crippen molar-refractivity contribution < 1.29 is 30.9 Å². The number of alkyl halides is 3. The molecule has 0 spiro atoms.